The van der Waals surface area contributed by atoms with Crippen LogP contribution in [0.15, 0.2) is 0 Å². The van der Waals surface area contributed by atoms with E-state index < -0.39 is 18.1 Å². The maximum Gasteiger partial charge on any atom is 0.323 e. The molecule has 0 aliphatic carbocycles. The summed E-state index contributed by atoms with van der Waals surface area (Å²) >= 11 is 0. The number of aliphatic carboxylic acids is 1. The molecule has 2 rings (SSSR count). The Morgan fingerprint density at radius 1 is 1.47 bits per heavy atom. The van der Waals surface area contributed by atoms with E-state index in [1.807, 2.05) is 6.92 Å². The fourth-order valence-electron chi connectivity index (χ4n) is 2.59. The topological polar surface area (TPSA) is 87.2 Å². The van der Waals surface area contributed by atoms with Crippen molar-refractivity contribution in [3.63, 3.8) is 0 Å². The SMILES string of the molecule is CCCN1C(=O)CC(N2CCOCC2C(=O)O)C1=O. The van der Waals surface area contributed by atoms with Crippen molar-refractivity contribution in [2.75, 3.05) is 26.3 Å². The lowest BCUT2D eigenvalue weighted by Gasteiger charge is -2.35. The molecule has 0 spiro atoms. The number of amides is 2. The van der Waals surface area contributed by atoms with Gasteiger partial charge in [0.2, 0.25) is 11.8 Å². The number of imide groups is 1. The van der Waals surface area contributed by atoms with E-state index in [1.54, 1.807) is 4.90 Å². The van der Waals surface area contributed by atoms with E-state index in [-0.39, 0.29) is 24.8 Å². The van der Waals surface area contributed by atoms with Gasteiger partial charge in [0, 0.05) is 13.1 Å². The van der Waals surface area contributed by atoms with Gasteiger partial charge >= 0.3 is 5.97 Å². The highest BCUT2D eigenvalue weighted by molar-refractivity contribution is 6.05. The van der Waals surface area contributed by atoms with E-state index in [0.29, 0.717) is 26.1 Å². The summed E-state index contributed by atoms with van der Waals surface area (Å²) in [5.41, 5.74) is 0. The molecule has 0 radical (unpaired) electrons. The van der Waals surface area contributed by atoms with Gasteiger partial charge in [0.1, 0.15) is 6.04 Å². The molecule has 106 valence electrons. The number of nitrogens with zero attached hydrogens (tertiary/aromatic N) is 2. The minimum Gasteiger partial charge on any atom is -0.480 e. The Morgan fingerprint density at radius 2 is 2.21 bits per heavy atom. The first kappa shape index (κ1) is 14.0. The van der Waals surface area contributed by atoms with Gasteiger partial charge in [0.25, 0.3) is 0 Å². The fourth-order valence-corrected chi connectivity index (χ4v) is 2.59. The molecule has 0 aromatic rings. The van der Waals surface area contributed by atoms with Crippen LogP contribution < -0.4 is 0 Å². The molecule has 2 unspecified atom stereocenters. The van der Waals surface area contributed by atoms with Gasteiger partial charge in [0.05, 0.1) is 25.7 Å². The van der Waals surface area contributed by atoms with Gasteiger partial charge < -0.3 is 9.84 Å². The highest BCUT2D eigenvalue weighted by atomic mass is 16.5. The molecule has 2 amide bonds. The van der Waals surface area contributed by atoms with Crippen LogP contribution in [0.4, 0.5) is 0 Å². The summed E-state index contributed by atoms with van der Waals surface area (Å²) in [6.45, 7) is 3.09. The standard InChI is InChI=1S/C12H18N2O5/c1-2-3-14-10(15)6-8(11(14)16)13-4-5-19-7-9(13)12(17)18/h8-9H,2-7H2,1H3,(H,17,18). The minimum absolute atomic E-state index is 0.0566. The van der Waals surface area contributed by atoms with Crippen molar-refractivity contribution in [1.82, 2.24) is 9.80 Å². The van der Waals surface area contributed by atoms with E-state index in [2.05, 4.69) is 0 Å². The van der Waals surface area contributed by atoms with E-state index in [4.69, 9.17) is 9.84 Å². The average molecular weight is 270 g/mol. The Hall–Kier alpha value is -1.47. The number of rotatable bonds is 4. The summed E-state index contributed by atoms with van der Waals surface area (Å²) < 4.78 is 5.14. The predicted octanol–water partition coefficient (Wildman–Crippen LogP) is -0.691. The van der Waals surface area contributed by atoms with Crippen molar-refractivity contribution in [3.05, 3.63) is 0 Å². The first-order chi connectivity index (χ1) is 9.06. The van der Waals surface area contributed by atoms with Crippen LogP contribution in [0.3, 0.4) is 0 Å². The second-order valence-electron chi connectivity index (χ2n) is 4.77. The Labute approximate surface area is 111 Å². The average Bonchev–Trinajstić information content (AvgIpc) is 2.67. The molecule has 2 aliphatic rings. The summed E-state index contributed by atoms with van der Waals surface area (Å²) in [7, 11) is 0. The zero-order valence-electron chi connectivity index (χ0n) is 10.9. The summed E-state index contributed by atoms with van der Waals surface area (Å²) in [4.78, 5) is 38.0. The number of likely N-dealkylation sites (tertiary alicyclic amines) is 1. The normalized spacial score (nSPS) is 29.0. The number of carbonyl (C=O) groups is 3. The molecular weight excluding hydrogens is 252 g/mol. The Kier molecular flexibility index (Phi) is 4.16. The van der Waals surface area contributed by atoms with Crippen molar-refractivity contribution in [3.8, 4) is 0 Å². The van der Waals surface area contributed by atoms with Gasteiger partial charge in [-0.25, -0.2) is 0 Å². The van der Waals surface area contributed by atoms with Gasteiger partial charge in [-0.2, -0.15) is 0 Å². The highest BCUT2D eigenvalue weighted by Gasteiger charge is 2.45. The fraction of sp³-hybridized carbons (Fsp3) is 0.750. The Bertz CT molecular complexity index is 398. The third kappa shape index (κ3) is 2.62. The Balaban J connectivity index is 2.14. The predicted molar refractivity (Wildman–Crippen MR) is 64.4 cm³/mol. The molecule has 1 N–H and O–H groups in total. The molecule has 7 nitrogen and oxygen atoms in total. The highest BCUT2D eigenvalue weighted by Crippen LogP contribution is 2.23. The first-order valence-corrected chi connectivity index (χ1v) is 6.46. The number of ether oxygens (including phenoxy) is 1. The van der Waals surface area contributed by atoms with Crippen LogP contribution in [0.5, 0.6) is 0 Å². The lowest BCUT2D eigenvalue weighted by Crippen LogP contribution is -2.56. The van der Waals surface area contributed by atoms with Gasteiger partial charge in [-0.3, -0.25) is 24.2 Å². The van der Waals surface area contributed by atoms with E-state index >= 15 is 0 Å². The van der Waals surface area contributed by atoms with E-state index in [9.17, 15) is 14.4 Å². The number of carboxylic acid groups (broad SMARTS) is 1. The number of carboxylic acids is 1. The van der Waals surface area contributed by atoms with E-state index in [1.165, 1.54) is 4.90 Å². The minimum atomic E-state index is -1.02. The van der Waals surface area contributed by atoms with Crippen LogP contribution in [0.2, 0.25) is 0 Å². The molecular formula is C12H18N2O5. The number of morpholine rings is 1. The van der Waals surface area contributed by atoms with Crippen LogP contribution in [0.1, 0.15) is 19.8 Å². The van der Waals surface area contributed by atoms with Crippen molar-refractivity contribution >= 4 is 17.8 Å². The third-order valence-corrected chi connectivity index (χ3v) is 3.52. The van der Waals surface area contributed by atoms with Crippen molar-refractivity contribution in [2.45, 2.75) is 31.8 Å². The quantitative estimate of drug-likeness (QED) is 0.680. The molecule has 19 heavy (non-hydrogen) atoms. The summed E-state index contributed by atoms with van der Waals surface area (Å²) in [5, 5.41) is 9.16. The first-order valence-electron chi connectivity index (χ1n) is 6.46. The maximum absolute atomic E-state index is 12.2. The van der Waals surface area contributed by atoms with Gasteiger partial charge in [0.15, 0.2) is 0 Å². The summed E-state index contributed by atoms with van der Waals surface area (Å²) in [5.74, 6) is -1.51. The summed E-state index contributed by atoms with van der Waals surface area (Å²) in [6, 6.07) is -1.50. The Morgan fingerprint density at radius 3 is 2.84 bits per heavy atom. The van der Waals surface area contributed by atoms with Gasteiger partial charge in [-0.15, -0.1) is 0 Å². The smallest absolute Gasteiger partial charge is 0.323 e. The largest absolute Gasteiger partial charge is 0.480 e. The molecule has 0 aromatic carbocycles. The van der Waals surface area contributed by atoms with Crippen molar-refractivity contribution in [2.24, 2.45) is 0 Å². The number of hydrogen-bond acceptors (Lipinski definition) is 5. The third-order valence-electron chi connectivity index (χ3n) is 3.52. The van der Waals surface area contributed by atoms with Gasteiger partial charge in [-0.1, -0.05) is 6.92 Å². The molecule has 0 saturated carbocycles. The van der Waals surface area contributed by atoms with Crippen molar-refractivity contribution in [1.29, 1.82) is 0 Å². The molecule has 2 heterocycles. The zero-order valence-corrected chi connectivity index (χ0v) is 10.9. The molecule has 2 saturated heterocycles. The zero-order chi connectivity index (χ0) is 14.0. The monoisotopic (exact) mass is 270 g/mol. The lowest BCUT2D eigenvalue weighted by atomic mass is 10.1. The number of hydrogen-bond donors (Lipinski definition) is 1. The van der Waals surface area contributed by atoms with Gasteiger partial charge in [-0.05, 0) is 6.42 Å². The van der Waals surface area contributed by atoms with Crippen LogP contribution >= 0.6 is 0 Å². The maximum atomic E-state index is 12.2. The molecule has 0 aromatic heterocycles. The van der Waals surface area contributed by atoms with Crippen LogP contribution in [0, 0.1) is 0 Å². The molecule has 0 bridgehead atoms. The summed E-state index contributed by atoms with van der Waals surface area (Å²) in [6.07, 6.45) is 0.776. The molecule has 2 fully saturated rings. The van der Waals surface area contributed by atoms with Crippen LogP contribution in [-0.2, 0) is 19.1 Å². The number of carbonyl (C=O) groups excluding carboxylic acids is 2. The lowest BCUT2D eigenvalue weighted by molar-refractivity contribution is -0.153. The molecule has 2 atom stereocenters. The molecule has 7 heteroatoms. The van der Waals surface area contributed by atoms with Crippen LogP contribution in [-0.4, -0.2) is 71.1 Å². The van der Waals surface area contributed by atoms with E-state index in [0.717, 1.165) is 0 Å². The van der Waals surface area contributed by atoms with Crippen molar-refractivity contribution < 1.29 is 24.2 Å². The molecule has 2 aliphatic heterocycles. The second kappa shape index (κ2) is 5.66. The second-order valence-corrected chi connectivity index (χ2v) is 4.77. The van der Waals surface area contributed by atoms with Crippen LogP contribution in [0.25, 0.3) is 0 Å².